The average Bonchev–Trinajstić information content (AvgIpc) is 3.13. The second-order valence-electron chi connectivity index (χ2n) is 13.4. The lowest BCUT2D eigenvalue weighted by Crippen LogP contribution is -2.60. The largest absolute Gasteiger partial charge is 0.507 e. The minimum absolute atomic E-state index is 0.00310. The Morgan fingerprint density at radius 3 is 2.43 bits per heavy atom. The zero-order valence-corrected chi connectivity index (χ0v) is 28.5. The third kappa shape index (κ3) is 6.68. The summed E-state index contributed by atoms with van der Waals surface area (Å²) >= 11 is 0. The number of rotatable bonds is 9. The summed E-state index contributed by atoms with van der Waals surface area (Å²) in [5.41, 5.74) is 13.2. The zero-order chi connectivity index (χ0) is 36.6. The number of guanidine groups is 1. The number of phenolic OH excluding ortho intramolecular Hbond substituents is 1. The molecule has 0 spiro atoms. The highest BCUT2D eigenvalue weighted by molar-refractivity contribution is 6.30. The van der Waals surface area contributed by atoms with Gasteiger partial charge in [0.05, 0.1) is 31.0 Å². The maximum absolute atomic E-state index is 14.5. The summed E-state index contributed by atoms with van der Waals surface area (Å²) in [6, 6.07) is 4.36. The molecule has 0 aromatic heterocycles. The molecule has 2 aromatic carbocycles. The van der Waals surface area contributed by atoms with Gasteiger partial charge in [0.15, 0.2) is 11.7 Å². The highest BCUT2D eigenvalue weighted by Crippen LogP contribution is 2.49. The molecule has 0 amide bonds. The van der Waals surface area contributed by atoms with Gasteiger partial charge in [0.25, 0.3) is 0 Å². The van der Waals surface area contributed by atoms with Gasteiger partial charge in [0.1, 0.15) is 41.7 Å². The van der Waals surface area contributed by atoms with E-state index >= 15 is 0 Å². The Morgan fingerprint density at radius 1 is 1.06 bits per heavy atom. The molecule has 2 aliphatic heterocycles. The van der Waals surface area contributed by atoms with Crippen molar-refractivity contribution in [3.05, 3.63) is 75.5 Å². The number of methoxy groups -OCH3 is 1. The number of nitrogens with zero attached hydrogens (tertiary/aromatic N) is 1. The van der Waals surface area contributed by atoms with Gasteiger partial charge >= 0.3 is 0 Å². The van der Waals surface area contributed by atoms with Crippen molar-refractivity contribution in [2.24, 2.45) is 21.9 Å². The molecule has 2 aliphatic carbocycles. The van der Waals surface area contributed by atoms with Crippen LogP contribution in [0.3, 0.4) is 0 Å². The van der Waals surface area contributed by atoms with Crippen molar-refractivity contribution in [2.75, 3.05) is 20.8 Å². The molecule has 1 saturated heterocycles. The predicted molar refractivity (Wildman–Crippen MR) is 184 cm³/mol. The van der Waals surface area contributed by atoms with Gasteiger partial charge in [0, 0.05) is 48.0 Å². The molecule has 11 N–H and O–H groups in total. The maximum atomic E-state index is 14.5. The van der Waals surface area contributed by atoms with E-state index in [9.17, 15) is 35.1 Å². The van der Waals surface area contributed by atoms with Gasteiger partial charge in [-0.15, -0.1) is 0 Å². The van der Waals surface area contributed by atoms with Crippen molar-refractivity contribution >= 4 is 17.5 Å². The van der Waals surface area contributed by atoms with Crippen molar-refractivity contribution < 1.29 is 49.3 Å². The number of aliphatic hydroxyl groups is 4. The van der Waals surface area contributed by atoms with Crippen LogP contribution in [-0.4, -0.2) is 101 Å². The van der Waals surface area contributed by atoms with Gasteiger partial charge < -0.3 is 61.8 Å². The van der Waals surface area contributed by atoms with Gasteiger partial charge in [-0.3, -0.25) is 14.6 Å². The molecule has 51 heavy (non-hydrogen) atoms. The number of nitrogens with one attached hydrogen (secondary N) is 2. The van der Waals surface area contributed by atoms with E-state index in [1.165, 1.54) is 26.3 Å². The lowest BCUT2D eigenvalue weighted by Gasteiger charge is -2.41. The maximum Gasteiger partial charge on any atom is 0.229 e. The van der Waals surface area contributed by atoms with E-state index in [-0.39, 0.29) is 57.8 Å². The fourth-order valence-electron chi connectivity index (χ4n) is 7.55. The summed E-state index contributed by atoms with van der Waals surface area (Å²) < 4.78 is 16.9. The number of aromatic hydroxyl groups is 1. The van der Waals surface area contributed by atoms with Crippen LogP contribution >= 0.6 is 0 Å². The monoisotopic (exact) mass is 707 g/mol. The lowest BCUT2D eigenvalue weighted by molar-refractivity contribution is -0.277. The van der Waals surface area contributed by atoms with Crippen LogP contribution in [0.5, 0.6) is 17.2 Å². The normalized spacial score (nSPS) is 27.2. The first kappa shape index (κ1) is 36.3. The van der Waals surface area contributed by atoms with Crippen LogP contribution in [0.25, 0.3) is 0 Å². The molecule has 6 atom stereocenters. The number of nitrogens with two attached hydrogens (primary N) is 2. The molecule has 1 saturated carbocycles. The second-order valence-corrected chi connectivity index (χ2v) is 13.4. The van der Waals surface area contributed by atoms with Crippen LogP contribution in [0.15, 0.2) is 47.1 Å². The van der Waals surface area contributed by atoms with Crippen molar-refractivity contribution in [1.29, 1.82) is 0 Å². The summed E-state index contributed by atoms with van der Waals surface area (Å²) in [5.74, 6) is -1.72. The number of carbonyl (C=O) groups is 2. The Morgan fingerprint density at radius 2 is 1.78 bits per heavy atom. The van der Waals surface area contributed by atoms with Crippen LogP contribution < -0.4 is 31.6 Å². The molecule has 2 fully saturated rings. The number of allylic oxidation sites excluding steroid dienone is 2. The Hall–Kier alpha value is -4.51. The lowest BCUT2D eigenvalue weighted by atomic mass is 9.64. The van der Waals surface area contributed by atoms with Crippen molar-refractivity contribution in [1.82, 2.24) is 10.6 Å². The Labute approximate surface area is 294 Å². The highest BCUT2D eigenvalue weighted by atomic mass is 16.7. The second kappa shape index (κ2) is 14.6. The van der Waals surface area contributed by atoms with Gasteiger partial charge in [-0.05, 0) is 48.6 Å². The number of aliphatic hydroxyl groups excluding tert-OH is 4. The molecule has 4 aliphatic rings. The van der Waals surface area contributed by atoms with E-state index in [1.807, 2.05) is 18.4 Å². The molecular weight excluding hydrogens is 662 g/mol. The number of dihydropyridines is 1. The number of ether oxygens (including phenoxy) is 3. The van der Waals surface area contributed by atoms with Gasteiger partial charge in [0.2, 0.25) is 12.1 Å². The number of hydrogen-bond acceptors (Lipinski definition) is 13. The van der Waals surface area contributed by atoms with Gasteiger partial charge in [-0.25, -0.2) is 0 Å². The third-order valence-corrected chi connectivity index (χ3v) is 10.4. The van der Waals surface area contributed by atoms with Crippen molar-refractivity contribution in [3.63, 3.8) is 0 Å². The first-order chi connectivity index (χ1) is 24.4. The SMILES string of the molecule is CN=C(N)NCc1c(CC2(C3=CNC(N)C=C3)CCCCC2)cc2c(c1O)C(=O)c1c(OC3OC(CO)C(O)C(O)C3O)cc(OC)cc1C2=O. The molecular formula is C36H45N5O10. The number of hydrogen-bond donors (Lipinski definition) is 9. The molecule has 6 unspecified atom stereocenters. The van der Waals surface area contributed by atoms with E-state index < -0.39 is 54.6 Å². The van der Waals surface area contributed by atoms with Crippen LogP contribution in [0.1, 0.15) is 75.1 Å². The number of ketones is 2. The van der Waals surface area contributed by atoms with Crippen LogP contribution in [0.2, 0.25) is 0 Å². The van der Waals surface area contributed by atoms with Crippen molar-refractivity contribution in [2.45, 2.75) is 81.9 Å². The summed E-state index contributed by atoms with van der Waals surface area (Å²) in [6.07, 6.45) is 2.61. The zero-order valence-electron chi connectivity index (χ0n) is 28.5. The molecule has 6 rings (SSSR count). The fraction of sp³-hybridized carbons (Fsp3) is 0.472. The standard InChI is InChI=1S/C36H45N5O10/c1-39-35(38)41-15-22-17(13-36(8-4-3-5-9-36)18-6-7-25(37)40-14-18)10-20-27(29(22)44)31(46)26-21(28(20)43)11-19(49-2)12-23(26)50-34-33(48)32(47)30(45)24(16-42)51-34/h6-7,10-12,14,24-25,30,32-34,40,42,44-45,47-48H,3-5,8-9,13,15-16,37H2,1-2H3,(H3,38,39,41). The number of fused-ring (bicyclic) bond motifs is 2. The fourth-order valence-corrected chi connectivity index (χ4v) is 7.55. The molecule has 2 heterocycles. The van der Waals surface area contributed by atoms with E-state index in [1.54, 1.807) is 6.07 Å². The molecule has 0 radical (unpaired) electrons. The first-order valence-corrected chi connectivity index (χ1v) is 17.0. The van der Waals surface area contributed by atoms with Crippen LogP contribution in [0.4, 0.5) is 0 Å². The molecule has 274 valence electrons. The minimum Gasteiger partial charge on any atom is -0.507 e. The summed E-state index contributed by atoms with van der Waals surface area (Å²) in [5, 5.41) is 59.1. The minimum atomic E-state index is -1.79. The third-order valence-electron chi connectivity index (χ3n) is 10.4. The highest BCUT2D eigenvalue weighted by Gasteiger charge is 2.46. The Kier molecular flexibility index (Phi) is 10.4. The topological polar surface area (TPSA) is 251 Å². The number of carbonyl (C=O) groups excluding carboxylic acids is 2. The average molecular weight is 708 g/mol. The van der Waals surface area contributed by atoms with Gasteiger partial charge in [-0.2, -0.15) is 0 Å². The van der Waals surface area contributed by atoms with Gasteiger partial charge in [-0.1, -0.05) is 25.3 Å². The molecule has 2 aromatic rings. The first-order valence-electron chi connectivity index (χ1n) is 17.0. The number of phenols is 1. The van der Waals surface area contributed by atoms with Crippen molar-refractivity contribution in [3.8, 4) is 17.2 Å². The summed E-state index contributed by atoms with van der Waals surface area (Å²) in [6.45, 7) is -0.706. The molecule has 0 bridgehead atoms. The van der Waals surface area contributed by atoms with Crippen LogP contribution in [0, 0.1) is 5.41 Å². The molecule has 15 heteroatoms. The smallest absolute Gasteiger partial charge is 0.229 e. The predicted octanol–water partition coefficient (Wildman–Crippen LogP) is 0.210. The van der Waals surface area contributed by atoms with E-state index in [0.29, 0.717) is 17.5 Å². The Bertz CT molecular complexity index is 1780. The van der Waals surface area contributed by atoms with E-state index in [2.05, 4.69) is 15.6 Å². The summed E-state index contributed by atoms with van der Waals surface area (Å²) in [7, 11) is 2.87. The molecule has 15 nitrogen and oxygen atoms in total. The van der Waals surface area contributed by atoms with Crippen LogP contribution in [-0.2, 0) is 17.7 Å². The van der Waals surface area contributed by atoms with E-state index in [4.69, 9.17) is 25.7 Å². The Balaban J connectivity index is 1.46. The number of aliphatic imine (C=N–C) groups is 1. The van der Waals surface area contributed by atoms with E-state index in [0.717, 1.165) is 37.7 Å². The summed E-state index contributed by atoms with van der Waals surface area (Å²) in [4.78, 5) is 32.8. The number of benzene rings is 2. The quantitative estimate of drug-likeness (QED) is 0.107.